The maximum atomic E-state index is 6.11. The van der Waals surface area contributed by atoms with E-state index in [0.29, 0.717) is 29.8 Å². The van der Waals surface area contributed by atoms with Crippen molar-refractivity contribution in [1.82, 2.24) is 20.0 Å². The molecule has 0 radical (unpaired) electrons. The molecule has 0 spiro atoms. The quantitative estimate of drug-likeness (QED) is 0.635. The van der Waals surface area contributed by atoms with Crippen LogP contribution in [0.4, 0.5) is 0 Å². The summed E-state index contributed by atoms with van der Waals surface area (Å²) < 4.78 is 6.76. The van der Waals surface area contributed by atoms with Crippen LogP contribution in [0.1, 0.15) is 12.6 Å². The Kier molecular flexibility index (Phi) is 6.38. The molecule has 7 heteroatoms. The highest BCUT2D eigenvalue weighted by molar-refractivity contribution is 7.80. The van der Waals surface area contributed by atoms with Gasteiger partial charge in [-0.3, -0.25) is 4.68 Å². The summed E-state index contributed by atoms with van der Waals surface area (Å²) >= 11 is 11.4. The first-order valence-corrected chi connectivity index (χ1v) is 6.56. The van der Waals surface area contributed by atoms with Crippen LogP contribution in [-0.2, 0) is 17.8 Å². The molecule has 0 amide bonds. The predicted molar refractivity (Wildman–Crippen MR) is 76.9 cm³/mol. The molecule has 102 valence electrons. The molecule has 0 atom stereocenters. The Labute approximate surface area is 118 Å². The van der Waals surface area contributed by atoms with Crippen molar-refractivity contribution >= 4 is 28.9 Å². The lowest BCUT2D eigenvalue weighted by Gasteiger charge is -2.20. The topological polar surface area (TPSA) is 42.3 Å². The molecule has 0 bridgehead atoms. The Balaban J connectivity index is 2.49. The zero-order valence-corrected chi connectivity index (χ0v) is 12.5. The highest BCUT2D eigenvalue weighted by atomic mass is 35.5. The van der Waals surface area contributed by atoms with Crippen LogP contribution in [0.3, 0.4) is 0 Å². The largest absolute Gasteiger partial charge is 0.383 e. The highest BCUT2D eigenvalue weighted by Gasteiger charge is 2.11. The fraction of sp³-hybridized carbons (Fsp3) is 0.636. The normalized spacial score (nSPS) is 10.4. The molecule has 1 aromatic rings. The lowest BCUT2D eigenvalue weighted by Crippen LogP contribution is -2.38. The van der Waals surface area contributed by atoms with Gasteiger partial charge in [0.05, 0.1) is 18.2 Å². The van der Waals surface area contributed by atoms with Gasteiger partial charge < -0.3 is 15.0 Å². The van der Waals surface area contributed by atoms with Gasteiger partial charge in [-0.25, -0.2) is 0 Å². The van der Waals surface area contributed by atoms with Crippen LogP contribution in [0.5, 0.6) is 0 Å². The Bertz CT molecular complexity index is 396. The summed E-state index contributed by atoms with van der Waals surface area (Å²) in [4.78, 5) is 1.90. The third kappa shape index (κ3) is 4.44. The molecule has 0 aromatic carbocycles. The summed E-state index contributed by atoms with van der Waals surface area (Å²) in [6.45, 7) is 4.73. The minimum Gasteiger partial charge on any atom is -0.383 e. The van der Waals surface area contributed by atoms with Gasteiger partial charge in [0.25, 0.3) is 0 Å². The molecule has 5 nitrogen and oxygen atoms in total. The van der Waals surface area contributed by atoms with Crippen LogP contribution < -0.4 is 5.32 Å². The number of halogens is 1. The Morgan fingerprint density at radius 1 is 1.67 bits per heavy atom. The van der Waals surface area contributed by atoms with Crippen molar-refractivity contribution in [2.75, 3.05) is 27.3 Å². The number of thiocarbonyl (C=S) groups is 1. The standard InChI is InChI=1S/C11H19ClN4OS/c1-4-16-7-9(12)10(14-16)8-15(2)11(18)13-5-6-17-3/h7H,4-6,8H2,1-3H3,(H,13,18). The fourth-order valence-electron chi connectivity index (χ4n) is 1.40. The van der Waals surface area contributed by atoms with Crippen molar-refractivity contribution in [2.24, 2.45) is 0 Å². The third-order valence-corrected chi connectivity index (χ3v) is 3.20. The van der Waals surface area contributed by atoms with Gasteiger partial charge in [0, 0.05) is 33.4 Å². The summed E-state index contributed by atoms with van der Waals surface area (Å²) in [6.07, 6.45) is 1.83. The van der Waals surface area contributed by atoms with Gasteiger partial charge in [-0.15, -0.1) is 0 Å². The summed E-state index contributed by atoms with van der Waals surface area (Å²) in [5.74, 6) is 0. The summed E-state index contributed by atoms with van der Waals surface area (Å²) in [5, 5.41) is 8.81. The molecule has 18 heavy (non-hydrogen) atoms. The summed E-state index contributed by atoms with van der Waals surface area (Å²) in [5.41, 5.74) is 0.830. The number of rotatable bonds is 6. The SMILES string of the molecule is CCn1cc(Cl)c(CN(C)C(=S)NCCOC)n1. The van der Waals surface area contributed by atoms with Gasteiger partial charge >= 0.3 is 0 Å². The Hall–Kier alpha value is -0.850. The van der Waals surface area contributed by atoms with Crippen LogP contribution in [0.2, 0.25) is 5.02 Å². The molecule has 0 aliphatic carbocycles. The third-order valence-electron chi connectivity index (χ3n) is 2.43. The van der Waals surface area contributed by atoms with E-state index in [-0.39, 0.29) is 0 Å². The van der Waals surface area contributed by atoms with E-state index in [1.54, 1.807) is 7.11 Å². The van der Waals surface area contributed by atoms with Crippen molar-refractivity contribution in [1.29, 1.82) is 0 Å². The van der Waals surface area contributed by atoms with Crippen molar-refractivity contribution in [3.8, 4) is 0 Å². The van der Waals surface area contributed by atoms with E-state index in [4.69, 9.17) is 28.6 Å². The van der Waals surface area contributed by atoms with E-state index in [9.17, 15) is 0 Å². The molecule has 0 unspecified atom stereocenters. The molecule has 1 aromatic heterocycles. The van der Waals surface area contributed by atoms with Crippen molar-refractivity contribution in [3.63, 3.8) is 0 Å². The second-order valence-corrected chi connectivity index (χ2v) is 4.65. The average Bonchev–Trinajstić information content (AvgIpc) is 2.70. The summed E-state index contributed by atoms with van der Waals surface area (Å²) in [7, 11) is 3.56. The number of nitrogens with one attached hydrogen (secondary N) is 1. The molecule has 0 saturated heterocycles. The monoisotopic (exact) mass is 290 g/mol. The Morgan fingerprint density at radius 3 is 2.94 bits per heavy atom. The van der Waals surface area contributed by atoms with Crippen LogP contribution in [0, 0.1) is 0 Å². The molecule has 0 aliphatic heterocycles. The smallest absolute Gasteiger partial charge is 0.169 e. The van der Waals surface area contributed by atoms with Crippen LogP contribution in [0.25, 0.3) is 0 Å². The van der Waals surface area contributed by atoms with Gasteiger partial charge in [-0.2, -0.15) is 5.10 Å². The number of nitrogens with zero attached hydrogens (tertiary/aromatic N) is 3. The van der Waals surface area contributed by atoms with Gasteiger partial charge in [0.15, 0.2) is 5.11 Å². The fourth-order valence-corrected chi connectivity index (χ4v) is 1.77. The van der Waals surface area contributed by atoms with E-state index in [1.807, 2.05) is 29.7 Å². The molecule has 1 heterocycles. The molecule has 0 fully saturated rings. The van der Waals surface area contributed by atoms with E-state index in [1.165, 1.54) is 0 Å². The van der Waals surface area contributed by atoms with Gasteiger partial charge in [-0.1, -0.05) is 11.6 Å². The number of hydrogen-bond donors (Lipinski definition) is 1. The van der Waals surface area contributed by atoms with E-state index < -0.39 is 0 Å². The zero-order chi connectivity index (χ0) is 13.5. The molecule has 1 rings (SSSR count). The molecule has 0 saturated carbocycles. The minimum atomic E-state index is 0.588. The minimum absolute atomic E-state index is 0.588. The van der Waals surface area contributed by atoms with Gasteiger partial charge in [-0.05, 0) is 19.1 Å². The number of aromatic nitrogens is 2. The van der Waals surface area contributed by atoms with E-state index >= 15 is 0 Å². The number of ether oxygens (including phenoxy) is 1. The predicted octanol–water partition coefficient (Wildman–Crippen LogP) is 1.51. The lowest BCUT2D eigenvalue weighted by molar-refractivity contribution is 0.203. The number of methoxy groups -OCH3 is 1. The highest BCUT2D eigenvalue weighted by Crippen LogP contribution is 2.15. The second-order valence-electron chi connectivity index (χ2n) is 3.86. The Morgan fingerprint density at radius 2 is 2.39 bits per heavy atom. The van der Waals surface area contributed by atoms with Crippen molar-refractivity contribution < 1.29 is 4.74 Å². The van der Waals surface area contributed by atoms with Crippen LogP contribution >= 0.6 is 23.8 Å². The van der Waals surface area contributed by atoms with Crippen molar-refractivity contribution in [3.05, 3.63) is 16.9 Å². The van der Waals surface area contributed by atoms with E-state index in [0.717, 1.165) is 12.2 Å². The maximum Gasteiger partial charge on any atom is 0.169 e. The summed E-state index contributed by atoms with van der Waals surface area (Å²) in [6, 6.07) is 0. The first-order valence-electron chi connectivity index (χ1n) is 5.78. The van der Waals surface area contributed by atoms with Crippen LogP contribution in [0.15, 0.2) is 6.20 Å². The van der Waals surface area contributed by atoms with E-state index in [2.05, 4.69) is 10.4 Å². The van der Waals surface area contributed by atoms with Gasteiger partial charge in [0.2, 0.25) is 0 Å². The maximum absolute atomic E-state index is 6.11. The number of aryl methyl sites for hydroxylation is 1. The average molecular weight is 291 g/mol. The second kappa shape index (κ2) is 7.56. The number of hydrogen-bond acceptors (Lipinski definition) is 3. The molecular formula is C11H19ClN4OS. The molecule has 0 aliphatic rings. The van der Waals surface area contributed by atoms with Crippen molar-refractivity contribution in [2.45, 2.75) is 20.0 Å². The molecular weight excluding hydrogens is 272 g/mol. The first-order chi connectivity index (χ1) is 8.58. The zero-order valence-electron chi connectivity index (χ0n) is 10.9. The molecule has 1 N–H and O–H groups in total. The van der Waals surface area contributed by atoms with Gasteiger partial charge in [0.1, 0.15) is 5.69 Å². The van der Waals surface area contributed by atoms with Crippen LogP contribution in [-0.4, -0.2) is 47.1 Å². The lowest BCUT2D eigenvalue weighted by atomic mass is 10.4. The first kappa shape index (κ1) is 15.2.